The molecular weight excluding hydrogens is 257 g/mol. The lowest BCUT2D eigenvalue weighted by Crippen LogP contribution is -2.08. The number of hydrogen-bond acceptors (Lipinski definition) is 2. The molecule has 0 aliphatic carbocycles. The van der Waals surface area contributed by atoms with Crippen LogP contribution in [0.15, 0.2) is 59.5 Å². The van der Waals surface area contributed by atoms with Gasteiger partial charge in [0.2, 0.25) is 0 Å². The molecule has 1 heterocycles. The second-order valence-electron chi connectivity index (χ2n) is 4.99. The fourth-order valence-electron chi connectivity index (χ4n) is 2.47. The number of nitrogens with zero attached hydrogens (tertiary/aromatic N) is 1. The van der Waals surface area contributed by atoms with Crippen molar-refractivity contribution in [3.8, 4) is 0 Å². The van der Waals surface area contributed by atoms with E-state index >= 15 is 0 Å². The van der Waals surface area contributed by atoms with Gasteiger partial charge in [-0.3, -0.25) is 0 Å². The summed E-state index contributed by atoms with van der Waals surface area (Å²) >= 11 is 1.86. The largest absolute Gasteiger partial charge is 0.349 e. The second kappa shape index (κ2) is 4.57. The molecule has 0 aromatic heterocycles. The highest BCUT2D eigenvalue weighted by Gasteiger charge is 2.57. The highest BCUT2D eigenvalue weighted by Crippen LogP contribution is 2.54. The predicted molar refractivity (Wildman–Crippen MR) is 79.0 cm³/mol. The lowest BCUT2D eigenvalue weighted by molar-refractivity contribution is 0.628. The molecule has 19 heavy (non-hydrogen) atoms. The standard InChI is InChI=1S/C16H16FNS/c1-12-16(2,19-15-6-4-3-5-7-15)18(12)14-10-8-13(17)9-11-14/h3-12H,1-2H3/t12-,16-,18?/m1/s1. The highest BCUT2D eigenvalue weighted by atomic mass is 32.2. The first kappa shape index (κ1) is 12.5. The minimum atomic E-state index is -0.185. The summed E-state index contributed by atoms with van der Waals surface area (Å²) < 4.78 is 13.0. The summed E-state index contributed by atoms with van der Waals surface area (Å²) in [5.41, 5.74) is 1.08. The molecule has 1 fully saturated rings. The molecular formula is C16H16FNS. The van der Waals surface area contributed by atoms with Crippen LogP contribution >= 0.6 is 11.8 Å². The van der Waals surface area contributed by atoms with Gasteiger partial charge in [0, 0.05) is 10.6 Å². The quantitative estimate of drug-likeness (QED) is 0.755. The first-order valence-electron chi connectivity index (χ1n) is 6.40. The highest BCUT2D eigenvalue weighted by molar-refractivity contribution is 8.01. The van der Waals surface area contributed by atoms with E-state index in [1.807, 2.05) is 30.0 Å². The van der Waals surface area contributed by atoms with Crippen molar-refractivity contribution in [2.45, 2.75) is 29.7 Å². The molecule has 0 saturated carbocycles. The summed E-state index contributed by atoms with van der Waals surface area (Å²) in [6, 6.07) is 17.6. The van der Waals surface area contributed by atoms with Gasteiger partial charge in [0.05, 0.1) is 6.04 Å². The lowest BCUT2D eigenvalue weighted by Gasteiger charge is -2.13. The molecule has 3 heteroatoms. The number of benzene rings is 2. The molecule has 0 N–H and O–H groups in total. The Morgan fingerprint density at radius 3 is 2.32 bits per heavy atom. The average molecular weight is 273 g/mol. The molecule has 1 aliphatic rings. The van der Waals surface area contributed by atoms with Crippen LogP contribution in [0.2, 0.25) is 0 Å². The van der Waals surface area contributed by atoms with Crippen molar-refractivity contribution in [1.82, 2.24) is 0 Å². The van der Waals surface area contributed by atoms with Crippen molar-refractivity contribution in [2.75, 3.05) is 4.90 Å². The Balaban J connectivity index is 1.81. The lowest BCUT2D eigenvalue weighted by atomic mass is 10.3. The van der Waals surface area contributed by atoms with Gasteiger partial charge in [0.25, 0.3) is 0 Å². The Kier molecular flexibility index (Phi) is 3.02. The Morgan fingerprint density at radius 2 is 1.68 bits per heavy atom. The van der Waals surface area contributed by atoms with Gasteiger partial charge in [0.15, 0.2) is 0 Å². The van der Waals surface area contributed by atoms with Crippen LogP contribution in [-0.2, 0) is 0 Å². The van der Waals surface area contributed by atoms with E-state index in [0.717, 1.165) is 5.69 Å². The van der Waals surface area contributed by atoms with Crippen molar-refractivity contribution >= 4 is 17.4 Å². The minimum Gasteiger partial charge on any atom is -0.349 e. The van der Waals surface area contributed by atoms with E-state index < -0.39 is 0 Å². The van der Waals surface area contributed by atoms with Crippen molar-refractivity contribution in [1.29, 1.82) is 0 Å². The molecule has 0 amide bonds. The molecule has 1 aliphatic heterocycles. The Morgan fingerprint density at radius 1 is 1.05 bits per heavy atom. The minimum absolute atomic E-state index is 0.0547. The van der Waals surface area contributed by atoms with Crippen molar-refractivity contribution < 1.29 is 4.39 Å². The summed E-state index contributed by atoms with van der Waals surface area (Å²) in [5, 5.41) is 0. The van der Waals surface area contributed by atoms with E-state index in [-0.39, 0.29) is 10.7 Å². The van der Waals surface area contributed by atoms with Crippen molar-refractivity contribution in [3.05, 3.63) is 60.4 Å². The van der Waals surface area contributed by atoms with Crippen LogP contribution < -0.4 is 4.90 Å². The first-order valence-corrected chi connectivity index (χ1v) is 7.22. The van der Waals surface area contributed by atoms with Crippen LogP contribution in [0.5, 0.6) is 0 Å². The zero-order chi connectivity index (χ0) is 13.5. The van der Waals surface area contributed by atoms with Gasteiger partial charge in [0.1, 0.15) is 10.7 Å². The smallest absolute Gasteiger partial charge is 0.123 e. The van der Waals surface area contributed by atoms with Gasteiger partial charge in [-0.2, -0.15) is 0 Å². The number of halogens is 1. The van der Waals surface area contributed by atoms with Gasteiger partial charge in [-0.05, 0) is 50.2 Å². The van der Waals surface area contributed by atoms with E-state index in [4.69, 9.17) is 0 Å². The predicted octanol–water partition coefficient (Wildman–Crippen LogP) is 4.54. The van der Waals surface area contributed by atoms with Gasteiger partial charge in [-0.15, -0.1) is 0 Å². The normalized spacial score (nSPS) is 25.4. The molecule has 0 spiro atoms. The topological polar surface area (TPSA) is 3.01 Å². The number of anilines is 1. The van der Waals surface area contributed by atoms with Crippen LogP contribution in [0.3, 0.4) is 0 Å². The number of thioether (sulfide) groups is 1. The summed E-state index contributed by atoms with van der Waals surface area (Å²) in [7, 11) is 0. The summed E-state index contributed by atoms with van der Waals surface area (Å²) in [6.45, 7) is 4.44. The average Bonchev–Trinajstić information content (AvgIpc) is 2.93. The van der Waals surface area contributed by atoms with Gasteiger partial charge >= 0.3 is 0 Å². The van der Waals surface area contributed by atoms with Crippen LogP contribution in [-0.4, -0.2) is 10.9 Å². The maximum Gasteiger partial charge on any atom is 0.123 e. The van der Waals surface area contributed by atoms with Gasteiger partial charge in [-0.1, -0.05) is 30.0 Å². The molecule has 0 bridgehead atoms. The summed E-state index contributed by atoms with van der Waals surface area (Å²) in [5.74, 6) is -0.185. The molecule has 0 unspecified atom stereocenters. The van der Waals surface area contributed by atoms with Gasteiger partial charge < -0.3 is 4.90 Å². The summed E-state index contributed by atoms with van der Waals surface area (Å²) in [4.78, 5) is 3.64. The van der Waals surface area contributed by atoms with E-state index in [9.17, 15) is 4.39 Å². The maximum atomic E-state index is 13.0. The molecule has 1 saturated heterocycles. The molecule has 1 nitrogen and oxygen atoms in total. The van der Waals surface area contributed by atoms with Crippen LogP contribution in [0.4, 0.5) is 10.1 Å². The SMILES string of the molecule is C[C@H]1N(c2ccc(F)cc2)[C@]1(C)Sc1ccccc1. The van der Waals surface area contributed by atoms with Gasteiger partial charge in [-0.25, -0.2) is 4.39 Å². The monoisotopic (exact) mass is 273 g/mol. The van der Waals surface area contributed by atoms with Crippen LogP contribution in [0.1, 0.15) is 13.8 Å². The van der Waals surface area contributed by atoms with Crippen LogP contribution in [0.25, 0.3) is 0 Å². The fraction of sp³-hybridized carbons (Fsp3) is 0.250. The Hall–Kier alpha value is -1.48. The molecule has 98 valence electrons. The van der Waals surface area contributed by atoms with E-state index in [2.05, 4.69) is 43.0 Å². The molecule has 2 atom stereocenters. The second-order valence-corrected chi connectivity index (χ2v) is 6.49. The third-order valence-corrected chi connectivity index (χ3v) is 5.20. The molecule has 2 aromatic carbocycles. The van der Waals surface area contributed by atoms with Crippen molar-refractivity contribution in [3.63, 3.8) is 0 Å². The molecule has 2 aromatic rings. The first-order chi connectivity index (χ1) is 9.11. The third kappa shape index (κ3) is 2.23. The number of rotatable bonds is 3. The zero-order valence-corrected chi connectivity index (χ0v) is 11.8. The summed E-state index contributed by atoms with van der Waals surface area (Å²) in [6.07, 6.45) is 0. The fourth-order valence-corrected chi connectivity index (χ4v) is 3.83. The zero-order valence-electron chi connectivity index (χ0n) is 11.0. The molecule has 0 radical (unpaired) electrons. The third-order valence-electron chi connectivity index (χ3n) is 3.75. The van der Waals surface area contributed by atoms with Crippen LogP contribution in [0, 0.1) is 5.82 Å². The van der Waals surface area contributed by atoms with E-state index in [1.54, 1.807) is 0 Å². The van der Waals surface area contributed by atoms with E-state index in [0.29, 0.717) is 6.04 Å². The maximum absolute atomic E-state index is 13.0. The van der Waals surface area contributed by atoms with E-state index in [1.165, 1.54) is 17.0 Å². The number of hydrogen-bond donors (Lipinski definition) is 0. The molecule has 3 rings (SSSR count). The Labute approximate surface area is 117 Å². The van der Waals surface area contributed by atoms with Crippen molar-refractivity contribution in [2.24, 2.45) is 0 Å². The Bertz CT molecular complexity index is 569.